The molecule has 0 amide bonds. The predicted octanol–water partition coefficient (Wildman–Crippen LogP) is 1.02. The zero-order valence-corrected chi connectivity index (χ0v) is 13.3. The van der Waals surface area contributed by atoms with Crippen LogP contribution in [0.15, 0.2) is 27.2 Å². The summed E-state index contributed by atoms with van der Waals surface area (Å²) in [4.78, 5) is 13.5. The Balaban J connectivity index is 2.31. The number of H-pyrrole nitrogens is 1. The highest BCUT2D eigenvalue weighted by atomic mass is 32.2. The lowest BCUT2D eigenvalue weighted by Gasteiger charge is -2.12. The Labute approximate surface area is 126 Å². The zero-order chi connectivity index (χ0) is 15.6. The number of aliphatic hydroxyl groups excluding tert-OH is 1. The van der Waals surface area contributed by atoms with Crippen molar-refractivity contribution in [2.24, 2.45) is 0 Å². The molecule has 0 fully saturated rings. The van der Waals surface area contributed by atoms with E-state index < -0.39 is 10.0 Å². The number of thiazole rings is 1. The van der Waals surface area contributed by atoms with Crippen molar-refractivity contribution in [3.05, 3.63) is 49.6 Å². The highest BCUT2D eigenvalue weighted by Gasteiger charge is 2.19. The van der Waals surface area contributed by atoms with Gasteiger partial charge in [0.1, 0.15) is 0 Å². The number of rotatable bonds is 5. The molecule has 0 atom stereocenters. The Hall–Kier alpha value is -1.48. The first-order valence-electron chi connectivity index (χ1n) is 6.21. The molecule has 21 heavy (non-hydrogen) atoms. The fourth-order valence-electron chi connectivity index (χ4n) is 1.92. The predicted molar refractivity (Wildman–Crippen MR) is 80.8 cm³/mol. The van der Waals surface area contributed by atoms with Gasteiger partial charge < -0.3 is 10.1 Å². The van der Waals surface area contributed by atoms with E-state index in [1.807, 2.05) is 0 Å². The summed E-state index contributed by atoms with van der Waals surface area (Å²) in [5.74, 6) is 0. The van der Waals surface area contributed by atoms with E-state index in [9.17, 15) is 18.3 Å². The minimum absolute atomic E-state index is 0.0168. The fourth-order valence-corrected chi connectivity index (χ4v) is 3.87. The van der Waals surface area contributed by atoms with E-state index in [4.69, 9.17) is 0 Å². The molecule has 0 aliphatic rings. The molecule has 8 heteroatoms. The fraction of sp³-hybridized carbons (Fsp3) is 0.308. The number of nitrogens with one attached hydrogen (secondary N) is 2. The van der Waals surface area contributed by atoms with Gasteiger partial charge in [-0.25, -0.2) is 13.1 Å². The highest BCUT2D eigenvalue weighted by Crippen LogP contribution is 2.21. The van der Waals surface area contributed by atoms with Crippen molar-refractivity contribution in [2.75, 3.05) is 0 Å². The Morgan fingerprint density at radius 1 is 1.33 bits per heavy atom. The Morgan fingerprint density at radius 3 is 2.62 bits per heavy atom. The van der Waals surface area contributed by atoms with E-state index in [1.54, 1.807) is 25.3 Å². The lowest BCUT2D eigenvalue weighted by Crippen LogP contribution is -2.25. The number of aliphatic hydroxyl groups is 1. The minimum Gasteiger partial charge on any atom is -0.392 e. The van der Waals surface area contributed by atoms with E-state index in [-0.39, 0.29) is 22.9 Å². The van der Waals surface area contributed by atoms with Crippen LogP contribution in [-0.4, -0.2) is 18.5 Å². The number of aromatic nitrogens is 1. The summed E-state index contributed by atoms with van der Waals surface area (Å²) >= 11 is 0.983. The maximum Gasteiger partial charge on any atom is 0.304 e. The van der Waals surface area contributed by atoms with Crippen LogP contribution in [-0.2, 0) is 23.2 Å². The molecule has 2 rings (SSSR count). The lowest BCUT2D eigenvalue weighted by molar-refractivity contribution is 0.281. The topological polar surface area (TPSA) is 99.3 Å². The van der Waals surface area contributed by atoms with Gasteiger partial charge in [-0.1, -0.05) is 17.4 Å². The van der Waals surface area contributed by atoms with Crippen molar-refractivity contribution in [1.29, 1.82) is 0 Å². The summed E-state index contributed by atoms with van der Waals surface area (Å²) in [6, 6.07) is 3.21. The molecule has 0 radical (unpaired) electrons. The molecular formula is C13H16N2O4S2. The average Bonchev–Trinajstić information content (AvgIpc) is 2.85. The first-order valence-corrected chi connectivity index (χ1v) is 8.57. The average molecular weight is 328 g/mol. The number of hydrogen-bond donors (Lipinski definition) is 3. The second kappa shape index (κ2) is 6.10. The van der Waals surface area contributed by atoms with Gasteiger partial charge in [-0.3, -0.25) is 4.79 Å². The standard InChI is InChI=1S/C13H16N2O4S2/c1-8-3-10(6-16)4-12(9(8)2)21(18,19)14-5-11-7-20-13(17)15-11/h3-4,7,14,16H,5-6H2,1-2H3,(H,15,17). The van der Waals surface area contributed by atoms with Gasteiger partial charge in [-0.15, -0.1) is 0 Å². The summed E-state index contributed by atoms with van der Waals surface area (Å²) in [6.07, 6.45) is 0. The molecule has 1 aromatic carbocycles. The molecule has 2 aromatic rings. The molecule has 1 heterocycles. The molecule has 0 saturated carbocycles. The summed E-state index contributed by atoms with van der Waals surface area (Å²) < 4.78 is 27.2. The molecule has 6 nitrogen and oxygen atoms in total. The molecular weight excluding hydrogens is 312 g/mol. The smallest absolute Gasteiger partial charge is 0.304 e. The third-order valence-electron chi connectivity index (χ3n) is 3.18. The van der Waals surface area contributed by atoms with Gasteiger partial charge >= 0.3 is 4.87 Å². The SMILES string of the molecule is Cc1cc(CO)cc(S(=O)(=O)NCc2csc(=O)[nH]2)c1C. The van der Waals surface area contributed by atoms with E-state index in [0.717, 1.165) is 16.9 Å². The van der Waals surface area contributed by atoms with Gasteiger partial charge in [0.2, 0.25) is 10.0 Å². The van der Waals surface area contributed by atoms with Crippen LogP contribution < -0.4 is 9.60 Å². The molecule has 0 saturated heterocycles. The molecule has 114 valence electrons. The van der Waals surface area contributed by atoms with Gasteiger partial charge in [0.25, 0.3) is 0 Å². The van der Waals surface area contributed by atoms with E-state index in [1.165, 1.54) is 6.07 Å². The molecule has 0 unspecified atom stereocenters. The summed E-state index contributed by atoms with van der Waals surface area (Å²) in [7, 11) is -3.71. The van der Waals surface area contributed by atoms with Crippen LogP contribution in [0.5, 0.6) is 0 Å². The third kappa shape index (κ3) is 3.59. The molecule has 0 aliphatic heterocycles. The molecule has 3 N–H and O–H groups in total. The van der Waals surface area contributed by atoms with Gasteiger partial charge in [-0.05, 0) is 36.6 Å². The van der Waals surface area contributed by atoms with Crippen LogP contribution in [0, 0.1) is 13.8 Å². The lowest BCUT2D eigenvalue weighted by atomic mass is 10.1. The van der Waals surface area contributed by atoms with Gasteiger partial charge in [0.05, 0.1) is 18.0 Å². The quantitative estimate of drug-likeness (QED) is 0.763. The monoisotopic (exact) mass is 328 g/mol. The second-order valence-electron chi connectivity index (χ2n) is 4.69. The van der Waals surface area contributed by atoms with Crippen molar-refractivity contribution in [2.45, 2.75) is 31.9 Å². The van der Waals surface area contributed by atoms with Gasteiger partial charge in [0.15, 0.2) is 0 Å². The molecule has 0 aliphatic carbocycles. The summed E-state index contributed by atoms with van der Waals surface area (Å²) in [6.45, 7) is 3.31. The molecule has 0 spiro atoms. The third-order valence-corrected chi connectivity index (χ3v) is 5.42. The molecule has 1 aromatic heterocycles. The van der Waals surface area contributed by atoms with Gasteiger partial charge in [0, 0.05) is 11.1 Å². The Kier molecular flexibility index (Phi) is 4.62. The maximum absolute atomic E-state index is 12.4. The Morgan fingerprint density at radius 2 is 2.05 bits per heavy atom. The normalized spacial score (nSPS) is 11.8. The van der Waals surface area contributed by atoms with Crippen molar-refractivity contribution in [1.82, 2.24) is 9.71 Å². The summed E-state index contributed by atoms with van der Waals surface area (Å²) in [5, 5.41) is 10.8. The number of aryl methyl sites for hydroxylation is 1. The van der Waals surface area contributed by atoms with Crippen molar-refractivity contribution in [3.63, 3.8) is 0 Å². The Bertz CT molecular complexity index is 806. The van der Waals surface area contributed by atoms with Crippen LogP contribution in [0.2, 0.25) is 0 Å². The van der Waals surface area contributed by atoms with E-state index in [2.05, 4.69) is 9.71 Å². The first kappa shape index (κ1) is 15.9. The largest absolute Gasteiger partial charge is 0.392 e. The van der Waals surface area contributed by atoms with Crippen LogP contribution in [0.4, 0.5) is 0 Å². The number of sulfonamides is 1. The first-order chi connectivity index (χ1) is 9.83. The number of aromatic amines is 1. The number of hydrogen-bond acceptors (Lipinski definition) is 5. The highest BCUT2D eigenvalue weighted by molar-refractivity contribution is 7.89. The van der Waals surface area contributed by atoms with Crippen LogP contribution in [0.25, 0.3) is 0 Å². The van der Waals surface area contributed by atoms with Crippen LogP contribution in [0.3, 0.4) is 0 Å². The zero-order valence-electron chi connectivity index (χ0n) is 11.6. The van der Waals surface area contributed by atoms with Crippen LogP contribution >= 0.6 is 11.3 Å². The van der Waals surface area contributed by atoms with Crippen molar-refractivity contribution in [3.8, 4) is 0 Å². The van der Waals surface area contributed by atoms with E-state index >= 15 is 0 Å². The van der Waals surface area contributed by atoms with Crippen molar-refractivity contribution >= 4 is 21.4 Å². The maximum atomic E-state index is 12.4. The second-order valence-corrected chi connectivity index (χ2v) is 7.27. The van der Waals surface area contributed by atoms with Gasteiger partial charge in [-0.2, -0.15) is 0 Å². The number of benzene rings is 1. The minimum atomic E-state index is -3.71. The summed E-state index contributed by atoms with van der Waals surface area (Å²) in [5.41, 5.74) is 2.49. The van der Waals surface area contributed by atoms with Crippen LogP contribution in [0.1, 0.15) is 22.4 Å². The van der Waals surface area contributed by atoms with E-state index in [0.29, 0.717) is 16.8 Å². The van der Waals surface area contributed by atoms with Crippen molar-refractivity contribution < 1.29 is 13.5 Å². The molecule has 0 bridgehead atoms.